The molecule has 0 radical (unpaired) electrons. The monoisotopic (exact) mass is 418 g/mol. The minimum Gasteiger partial charge on any atom is -0.324 e. The van der Waals surface area contributed by atoms with E-state index in [1.165, 1.54) is 11.8 Å². The van der Waals surface area contributed by atoms with Crippen molar-refractivity contribution in [3.05, 3.63) is 58.1 Å². The number of thioether (sulfide) groups is 1. The molecule has 2 heterocycles. The molecule has 0 aliphatic carbocycles. The molecule has 2 aromatic carbocycles. The molecule has 27 heavy (non-hydrogen) atoms. The van der Waals surface area contributed by atoms with Crippen LogP contribution < -0.4 is 5.32 Å². The lowest BCUT2D eigenvalue weighted by Gasteiger charge is -2.30. The molecule has 0 fully saturated rings. The average Bonchev–Trinajstić information content (AvgIpc) is 3.15. The highest BCUT2D eigenvalue weighted by molar-refractivity contribution is 8.14. The summed E-state index contributed by atoms with van der Waals surface area (Å²) in [6.45, 7) is 1.83. The zero-order chi connectivity index (χ0) is 19.0. The third-order valence-corrected chi connectivity index (χ3v) is 6.00. The number of hydrazone groups is 1. The number of nitrogens with one attached hydrogen (secondary N) is 1. The van der Waals surface area contributed by atoms with Gasteiger partial charge in [0.15, 0.2) is 5.17 Å². The van der Waals surface area contributed by atoms with E-state index in [-0.39, 0.29) is 17.2 Å². The highest BCUT2D eigenvalue weighted by Crippen LogP contribution is 2.41. The van der Waals surface area contributed by atoms with E-state index in [1.807, 2.05) is 36.3 Å². The van der Waals surface area contributed by atoms with E-state index in [0.717, 1.165) is 17.7 Å². The maximum atomic E-state index is 12.6. The second-order valence-corrected chi connectivity index (χ2v) is 8.37. The predicted molar refractivity (Wildman–Crippen MR) is 113 cm³/mol. The standard InChI is InChI=1S/C19H16Cl2N4OS/c1-11(18(26)23-16-10-12(20)6-7-14(16)21)27-19-24-15-5-3-2-4-13(15)17-8-9-22-25(17)19/h2-7,9-11,17H,8H2,1H3,(H,23,26)/t11-,17+/m0/s1. The zero-order valence-electron chi connectivity index (χ0n) is 14.4. The number of para-hydroxylation sites is 1. The van der Waals surface area contributed by atoms with Gasteiger partial charge in [0.05, 0.1) is 27.7 Å². The number of carbonyl (C=O) groups is 1. The Bertz CT molecular complexity index is 962. The van der Waals surface area contributed by atoms with Crippen molar-refractivity contribution < 1.29 is 4.79 Å². The highest BCUT2D eigenvalue weighted by atomic mass is 35.5. The van der Waals surface area contributed by atoms with E-state index < -0.39 is 0 Å². The van der Waals surface area contributed by atoms with Crippen LogP contribution in [0.15, 0.2) is 52.6 Å². The van der Waals surface area contributed by atoms with Gasteiger partial charge in [-0.15, -0.1) is 0 Å². The number of amides is 1. The maximum Gasteiger partial charge on any atom is 0.237 e. The Balaban J connectivity index is 1.53. The van der Waals surface area contributed by atoms with Gasteiger partial charge in [0, 0.05) is 23.2 Å². The molecule has 0 saturated carbocycles. The molecule has 1 amide bonds. The summed E-state index contributed by atoms with van der Waals surface area (Å²) in [5.41, 5.74) is 2.58. The number of rotatable bonds is 3. The molecular formula is C19H16Cl2N4OS. The van der Waals surface area contributed by atoms with Crippen LogP contribution in [-0.2, 0) is 4.79 Å². The average molecular weight is 419 g/mol. The van der Waals surface area contributed by atoms with E-state index in [2.05, 4.69) is 16.5 Å². The van der Waals surface area contributed by atoms with Gasteiger partial charge in [0.2, 0.25) is 5.91 Å². The highest BCUT2D eigenvalue weighted by Gasteiger charge is 2.34. The third-order valence-electron chi connectivity index (χ3n) is 4.38. The molecule has 0 unspecified atom stereocenters. The fraction of sp³-hybridized carbons (Fsp3) is 0.211. The van der Waals surface area contributed by atoms with Crippen LogP contribution in [0.25, 0.3) is 0 Å². The number of nitrogens with zero attached hydrogens (tertiary/aromatic N) is 3. The first kappa shape index (κ1) is 18.3. The summed E-state index contributed by atoms with van der Waals surface area (Å²) in [5.74, 6) is -0.176. The van der Waals surface area contributed by atoms with Crippen LogP contribution in [-0.4, -0.2) is 27.5 Å². The van der Waals surface area contributed by atoms with Gasteiger partial charge in [0.1, 0.15) is 0 Å². The first-order valence-electron chi connectivity index (χ1n) is 8.45. The van der Waals surface area contributed by atoms with Crippen molar-refractivity contribution in [3.8, 4) is 0 Å². The molecule has 5 nitrogen and oxygen atoms in total. The van der Waals surface area contributed by atoms with Crippen molar-refractivity contribution >= 4 is 63.6 Å². The first-order chi connectivity index (χ1) is 13.0. The molecule has 2 atom stereocenters. The van der Waals surface area contributed by atoms with E-state index >= 15 is 0 Å². The second-order valence-electron chi connectivity index (χ2n) is 6.22. The van der Waals surface area contributed by atoms with Crippen LogP contribution in [0.3, 0.4) is 0 Å². The lowest BCUT2D eigenvalue weighted by Crippen LogP contribution is -2.32. The number of aliphatic imine (C=N–C) groups is 1. The van der Waals surface area contributed by atoms with Gasteiger partial charge in [-0.3, -0.25) is 4.79 Å². The van der Waals surface area contributed by atoms with Gasteiger partial charge in [-0.25, -0.2) is 10.0 Å². The molecule has 0 aromatic heterocycles. The summed E-state index contributed by atoms with van der Waals surface area (Å²) in [7, 11) is 0. The molecule has 2 aliphatic heterocycles. The van der Waals surface area contributed by atoms with Crippen LogP contribution in [0.1, 0.15) is 24.9 Å². The van der Waals surface area contributed by atoms with Crippen LogP contribution >= 0.6 is 35.0 Å². The maximum absolute atomic E-state index is 12.6. The molecule has 4 rings (SSSR count). The summed E-state index contributed by atoms with van der Waals surface area (Å²) >= 11 is 13.5. The van der Waals surface area contributed by atoms with Crippen LogP contribution in [0, 0.1) is 0 Å². The predicted octanol–water partition coefficient (Wildman–Crippen LogP) is 5.49. The molecule has 2 aliphatic rings. The lowest BCUT2D eigenvalue weighted by atomic mass is 10.0. The van der Waals surface area contributed by atoms with Crippen molar-refractivity contribution in [1.82, 2.24) is 5.01 Å². The van der Waals surface area contributed by atoms with Crippen molar-refractivity contribution in [2.24, 2.45) is 10.1 Å². The van der Waals surface area contributed by atoms with Gasteiger partial charge >= 0.3 is 0 Å². The molecule has 0 saturated heterocycles. The number of amidine groups is 1. The quantitative estimate of drug-likeness (QED) is 0.716. The smallest absolute Gasteiger partial charge is 0.237 e. The third kappa shape index (κ3) is 3.70. The summed E-state index contributed by atoms with van der Waals surface area (Å²) in [4.78, 5) is 17.4. The van der Waals surface area contributed by atoms with Gasteiger partial charge < -0.3 is 5.32 Å². The van der Waals surface area contributed by atoms with Crippen LogP contribution in [0.2, 0.25) is 10.0 Å². The van der Waals surface area contributed by atoms with E-state index in [0.29, 0.717) is 20.9 Å². The normalized spacial score (nSPS) is 18.6. The molecule has 8 heteroatoms. The largest absolute Gasteiger partial charge is 0.324 e. The molecule has 2 aromatic rings. The number of hydrogen-bond donors (Lipinski definition) is 1. The zero-order valence-corrected chi connectivity index (χ0v) is 16.7. The fourth-order valence-corrected chi connectivity index (χ4v) is 4.25. The lowest BCUT2D eigenvalue weighted by molar-refractivity contribution is -0.115. The van der Waals surface area contributed by atoms with Gasteiger partial charge in [-0.05, 0) is 31.2 Å². The molecule has 1 N–H and O–H groups in total. The van der Waals surface area contributed by atoms with Gasteiger partial charge in [-0.1, -0.05) is 53.2 Å². The minimum absolute atomic E-state index is 0.138. The number of hydrogen-bond acceptors (Lipinski definition) is 5. The number of carbonyl (C=O) groups excluding carboxylic acids is 1. The Hall–Kier alpha value is -2.02. The number of fused-ring (bicyclic) bond motifs is 3. The number of anilines is 1. The minimum atomic E-state index is -0.388. The van der Waals surface area contributed by atoms with Crippen LogP contribution in [0.5, 0.6) is 0 Å². The Morgan fingerprint density at radius 3 is 2.96 bits per heavy atom. The molecule has 138 valence electrons. The Kier molecular flexibility index (Phi) is 5.12. The van der Waals surface area contributed by atoms with Crippen molar-refractivity contribution in [2.75, 3.05) is 5.32 Å². The molecule has 0 spiro atoms. The van der Waals surface area contributed by atoms with E-state index in [1.54, 1.807) is 18.2 Å². The Labute approximate surface area is 171 Å². The van der Waals surface area contributed by atoms with Crippen molar-refractivity contribution in [2.45, 2.75) is 24.6 Å². The Morgan fingerprint density at radius 2 is 2.11 bits per heavy atom. The Morgan fingerprint density at radius 1 is 1.30 bits per heavy atom. The summed E-state index contributed by atoms with van der Waals surface area (Å²) in [6, 6.07) is 13.1. The van der Waals surface area contributed by atoms with Crippen molar-refractivity contribution in [1.29, 1.82) is 0 Å². The fourth-order valence-electron chi connectivity index (χ4n) is 3.00. The first-order valence-corrected chi connectivity index (χ1v) is 10.1. The molecule has 0 bridgehead atoms. The van der Waals surface area contributed by atoms with Crippen molar-refractivity contribution in [3.63, 3.8) is 0 Å². The van der Waals surface area contributed by atoms with E-state index in [9.17, 15) is 4.79 Å². The van der Waals surface area contributed by atoms with Gasteiger partial charge in [0.25, 0.3) is 0 Å². The number of halogens is 2. The van der Waals surface area contributed by atoms with Gasteiger partial charge in [-0.2, -0.15) is 5.10 Å². The topological polar surface area (TPSA) is 57.1 Å². The van der Waals surface area contributed by atoms with E-state index in [4.69, 9.17) is 28.2 Å². The summed E-state index contributed by atoms with van der Waals surface area (Å²) < 4.78 is 0. The summed E-state index contributed by atoms with van der Waals surface area (Å²) in [5, 5.41) is 10.5. The summed E-state index contributed by atoms with van der Waals surface area (Å²) in [6.07, 6.45) is 2.72. The SMILES string of the molecule is C[C@H](SC1=Nc2ccccc2[C@H]2CC=NN12)C(=O)Nc1cc(Cl)ccc1Cl. The van der Waals surface area contributed by atoms with Crippen LogP contribution in [0.4, 0.5) is 11.4 Å². The second kappa shape index (κ2) is 7.54. The number of benzene rings is 2. The molecular weight excluding hydrogens is 403 g/mol.